The number of alkyl halides is 1. The van der Waals surface area contributed by atoms with Crippen molar-refractivity contribution in [1.82, 2.24) is 0 Å². The fraction of sp³-hybridized carbons (Fsp3) is 0.0769. The van der Waals surface area contributed by atoms with Gasteiger partial charge < -0.3 is 0 Å². The van der Waals surface area contributed by atoms with Gasteiger partial charge in [0.2, 0.25) is 0 Å². The summed E-state index contributed by atoms with van der Waals surface area (Å²) in [4.78, 5) is -0.0298. The molecule has 0 N–H and O–H groups in total. The van der Waals surface area contributed by atoms with Crippen LogP contribution in [0.3, 0.4) is 0 Å². The first-order valence-corrected chi connectivity index (χ1v) is 6.59. The molecule has 0 saturated heterocycles. The molecule has 0 saturated carbocycles. The lowest BCUT2D eigenvalue weighted by Crippen LogP contribution is -1.93. The monoisotopic (exact) mass is 332 g/mol. The molecule has 88 valence electrons. The van der Waals surface area contributed by atoms with Crippen LogP contribution in [-0.2, 0) is 0 Å². The van der Waals surface area contributed by atoms with Crippen molar-refractivity contribution < 1.29 is 4.39 Å². The minimum Gasteiger partial charge on any atom is -0.205 e. The van der Waals surface area contributed by atoms with Crippen LogP contribution >= 0.6 is 39.1 Å². The van der Waals surface area contributed by atoms with Crippen molar-refractivity contribution in [3.63, 3.8) is 0 Å². The van der Waals surface area contributed by atoms with Crippen molar-refractivity contribution >= 4 is 39.1 Å². The van der Waals surface area contributed by atoms with Gasteiger partial charge in [0.05, 0.1) is 9.85 Å². The molecular weight excluding hydrogens is 326 g/mol. The Morgan fingerprint density at radius 1 is 0.941 bits per heavy atom. The fourth-order valence-electron chi connectivity index (χ4n) is 1.49. The molecule has 0 fully saturated rings. The number of hydrogen-bond acceptors (Lipinski definition) is 0. The van der Waals surface area contributed by atoms with Crippen molar-refractivity contribution in [2.24, 2.45) is 0 Å². The highest BCUT2D eigenvalue weighted by Gasteiger charge is 2.12. The van der Waals surface area contributed by atoms with Crippen molar-refractivity contribution in [3.05, 3.63) is 69.5 Å². The molecule has 1 atom stereocenters. The van der Waals surface area contributed by atoms with Crippen LogP contribution in [0.15, 0.2) is 42.5 Å². The summed E-state index contributed by atoms with van der Waals surface area (Å²) in [5.74, 6) is -0.411. The molecule has 0 amide bonds. The third-order valence-corrected chi connectivity index (χ3v) is 4.00. The molecule has 0 aromatic heterocycles. The molecule has 0 spiro atoms. The molecule has 2 aromatic carbocycles. The van der Waals surface area contributed by atoms with Gasteiger partial charge in [-0.2, -0.15) is 0 Å². The van der Waals surface area contributed by atoms with Gasteiger partial charge in [0.25, 0.3) is 0 Å². The van der Waals surface area contributed by atoms with Crippen molar-refractivity contribution in [3.8, 4) is 0 Å². The Morgan fingerprint density at radius 3 is 2.12 bits per heavy atom. The summed E-state index contributed by atoms with van der Waals surface area (Å²) in [6, 6.07) is 12.1. The van der Waals surface area contributed by atoms with Gasteiger partial charge in [-0.05, 0) is 35.4 Å². The second-order valence-electron chi connectivity index (χ2n) is 3.59. The Hall–Kier alpha value is -0.570. The van der Waals surface area contributed by atoms with Gasteiger partial charge in [0.1, 0.15) is 5.82 Å². The largest absolute Gasteiger partial charge is 0.205 e. The molecule has 0 aliphatic carbocycles. The summed E-state index contributed by atoms with van der Waals surface area (Å²) in [6.07, 6.45) is 0. The second kappa shape index (κ2) is 5.38. The molecule has 0 bridgehead atoms. The molecule has 0 heterocycles. The SMILES string of the molecule is Fc1ccc(C(Br)c2ccc(Cl)cc2)cc1Cl. The molecule has 4 heteroatoms. The maximum absolute atomic E-state index is 13.1. The number of halogens is 4. The summed E-state index contributed by atoms with van der Waals surface area (Å²) in [7, 11) is 0. The van der Waals surface area contributed by atoms with Gasteiger partial charge in [0.15, 0.2) is 0 Å². The molecule has 0 radical (unpaired) electrons. The fourth-order valence-corrected chi connectivity index (χ4v) is 2.40. The van der Waals surface area contributed by atoms with Crippen molar-refractivity contribution in [2.75, 3.05) is 0 Å². The van der Waals surface area contributed by atoms with E-state index >= 15 is 0 Å². The maximum atomic E-state index is 13.1. The van der Waals surface area contributed by atoms with Crippen LogP contribution in [0.25, 0.3) is 0 Å². The molecule has 0 aliphatic rings. The first-order valence-electron chi connectivity index (χ1n) is 4.92. The quantitative estimate of drug-likeness (QED) is 0.626. The van der Waals surface area contributed by atoms with Crippen LogP contribution in [0.4, 0.5) is 4.39 Å². The smallest absolute Gasteiger partial charge is 0.141 e. The number of hydrogen-bond donors (Lipinski definition) is 0. The molecule has 1 unspecified atom stereocenters. The Bertz CT molecular complexity index is 525. The van der Waals surface area contributed by atoms with E-state index in [4.69, 9.17) is 23.2 Å². The van der Waals surface area contributed by atoms with Crippen LogP contribution < -0.4 is 0 Å². The molecular formula is C13H8BrCl2F. The molecule has 2 aromatic rings. The van der Waals surface area contributed by atoms with Gasteiger partial charge in [-0.25, -0.2) is 4.39 Å². The van der Waals surface area contributed by atoms with Gasteiger partial charge in [0, 0.05) is 5.02 Å². The molecule has 17 heavy (non-hydrogen) atoms. The van der Waals surface area contributed by atoms with E-state index in [1.807, 2.05) is 24.3 Å². The summed E-state index contributed by atoms with van der Waals surface area (Å²) >= 11 is 15.1. The minimum atomic E-state index is -0.411. The first kappa shape index (κ1) is 12.9. The van der Waals surface area contributed by atoms with Crippen molar-refractivity contribution in [2.45, 2.75) is 4.83 Å². The minimum absolute atomic E-state index is 0.0298. The van der Waals surface area contributed by atoms with Gasteiger partial charge in [-0.15, -0.1) is 0 Å². The van der Waals surface area contributed by atoms with E-state index in [0.717, 1.165) is 11.1 Å². The summed E-state index contributed by atoms with van der Waals surface area (Å²) in [5, 5.41) is 0.812. The zero-order valence-electron chi connectivity index (χ0n) is 8.63. The topological polar surface area (TPSA) is 0 Å². The average molecular weight is 334 g/mol. The number of benzene rings is 2. The third-order valence-electron chi connectivity index (χ3n) is 2.40. The first-order chi connectivity index (χ1) is 8.08. The normalized spacial score (nSPS) is 12.5. The van der Waals surface area contributed by atoms with Gasteiger partial charge in [-0.1, -0.05) is 57.3 Å². The predicted octanol–water partition coefficient (Wildman–Crippen LogP) is 5.62. The highest BCUT2D eigenvalue weighted by molar-refractivity contribution is 9.09. The van der Waals surface area contributed by atoms with Crippen LogP contribution in [-0.4, -0.2) is 0 Å². The van der Waals surface area contributed by atoms with E-state index in [9.17, 15) is 4.39 Å². The summed E-state index contributed by atoms with van der Waals surface area (Å²) < 4.78 is 13.1. The Labute approximate surface area is 117 Å². The Morgan fingerprint density at radius 2 is 1.53 bits per heavy atom. The molecule has 2 rings (SSSR count). The lowest BCUT2D eigenvalue weighted by molar-refractivity contribution is 0.627. The standard InChI is InChI=1S/C13H8BrCl2F/c14-13(8-1-4-10(15)5-2-8)9-3-6-12(17)11(16)7-9/h1-7,13H. The Balaban J connectivity index is 2.33. The van der Waals surface area contributed by atoms with Crippen LogP contribution in [0, 0.1) is 5.82 Å². The lowest BCUT2D eigenvalue weighted by Gasteiger charge is -2.11. The highest BCUT2D eigenvalue weighted by atomic mass is 79.9. The van der Waals surface area contributed by atoms with Crippen LogP contribution in [0.2, 0.25) is 10.0 Å². The van der Waals surface area contributed by atoms with Gasteiger partial charge in [-0.3, -0.25) is 0 Å². The molecule has 0 aliphatic heterocycles. The average Bonchev–Trinajstić information content (AvgIpc) is 2.33. The second-order valence-corrected chi connectivity index (χ2v) is 5.35. The lowest BCUT2D eigenvalue weighted by atomic mass is 10.1. The van der Waals surface area contributed by atoms with E-state index in [0.29, 0.717) is 5.02 Å². The maximum Gasteiger partial charge on any atom is 0.141 e. The highest BCUT2D eigenvalue weighted by Crippen LogP contribution is 2.33. The summed E-state index contributed by atoms with van der Waals surface area (Å²) in [6.45, 7) is 0. The molecule has 0 nitrogen and oxygen atoms in total. The third kappa shape index (κ3) is 3.01. The van der Waals surface area contributed by atoms with Crippen molar-refractivity contribution in [1.29, 1.82) is 0 Å². The van der Waals surface area contributed by atoms with E-state index in [1.165, 1.54) is 6.07 Å². The van der Waals surface area contributed by atoms with Crippen LogP contribution in [0.1, 0.15) is 16.0 Å². The van der Waals surface area contributed by atoms with E-state index in [-0.39, 0.29) is 9.85 Å². The number of rotatable bonds is 2. The van der Waals surface area contributed by atoms with E-state index in [1.54, 1.807) is 12.1 Å². The summed E-state index contributed by atoms with van der Waals surface area (Å²) in [5.41, 5.74) is 1.94. The van der Waals surface area contributed by atoms with E-state index in [2.05, 4.69) is 15.9 Å². The zero-order valence-corrected chi connectivity index (χ0v) is 11.7. The van der Waals surface area contributed by atoms with E-state index < -0.39 is 5.82 Å². The van der Waals surface area contributed by atoms with Crippen LogP contribution in [0.5, 0.6) is 0 Å². The van der Waals surface area contributed by atoms with Gasteiger partial charge >= 0.3 is 0 Å². The zero-order chi connectivity index (χ0) is 12.4. The predicted molar refractivity (Wildman–Crippen MR) is 73.6 cm³/mol. The Kier molecular flexibility index (Phi) is 4.08.